The van der Waals surface area contributed by atoms with Gasteiger partial charge in [0, 0.05) is 16.1 Å². The lowest BCUT2D eigenvalue weighted by molar-refractivity contribution is -0.0209. The van der Waals surface area contributed by atoms with E-state index in [1.165, 1.54) is 24.6 Å². The molecule has 1 aliphatic heterocycles. The van der Waals surface area contributed by atoms with Crippen molar-refractivity contribution in [3.05, 3.63) is 34.6 Å². The first kappa shape index (κ1) is 14.8. The highest BCUT2D eigenvalue weighted by Crippen LogP contribution is 2.36. The molecular weight excluding hydrogens is 265 g/mol. The minimum Gasteiger partial charge on any atom is -0.386 e. The van der Waals surface area contributed by atoms with Crippen LogP contribution in [0.5, 0.6) is 0 Å². The van der Waals surface area contributed by atoms with Gasteiger partial charge in [0.15, 0.2) is 0 Å². The zero-order valence-electron chi connectivity index (χ0n) is 11.5. The van der Waals surface area contributed by atoms with Crippen molar-refractivity contribution in [2.75, 3.05) is 13.1 Å². The lowest BCUT2D eigenvalue weighted by Crippen LogP contribution is -2.50. The average molecular weight is 286 g/mol. The molecule has 0 amide bonds. The molecular formula is C15H21ClFNO. The molecule has 106 valence electrons. The Labute approximate surface area is 119 Å². The van der Waals surface area contributed by atoms with Crippen molar-refractivity contribution >= 4 is 11.6 Å². The smallest absolute Gasteiger partial charge is 0.123 e. The van der Waals surface area contributed by atoms with Gasteiger partial charge in [-0.3, -0.25) is 4.90 Å². The topological polar surface area (TPSA) is 23.5 Å². The number of aliphatic hydroxyl groups excluding tert-OH is 1. The highest BCUT2D eigenvalue weighted by Gasteiger charge is 2.36. The molecule has 1 N–H and O–H groups in total. The largest absolute Gasteiger partial charge is 0.386 e. The Morgan fingerprint density at radius 1 is 1.26 bits per heavy atom. The Balaban J connectivity index is 2.25. The van der Waals surface area contributed by atoms with Crippen LogP contribution in [-0.4, -0.2) is 28.6 Å². The number of nitrogens with zero attached hydrogens (tertiary/aromatic N) is 1. The lowest BCUT2D eigenvalue weighted by Gasteiger charge is -2.44. The quantitative estimate of drug-likeness (QED) is 0.914. The van der Waals surface area contributed by atoms with Crippen molar-refractivity contribution in [2.45, 2.75) is 44.8 Å². The number of aliphatic hydroxyl groups is 1. The van der Waals surface area contributed by atoms with E-state index in [-0.39, 0.29) is 5.82 Å². The van der Waals surface area contributed by atoms with Gasteiger partial charge in [-0.25, -0.2) is 4.39 Å². The van der Waals surface area contributed by atoms with Crippen molar-refractivity contribution < 1.29 is 9.50 Å². The zero-order valence-corrected chi connectivity index (χ0v) is 12.3. The van der Waals surface area contributed by atoms with Crippen LogP contribution >= 0.6 is 11.6 Å². The molecule has 2 nitrogen and oxygen atoms in total. The molecule has 0 aromatic heterocycles. The first-order valence-corrected chi connectivity index (χ1v) is 7.19. The maximum Gasteiger partial charge on any atom is 0.123 e. The third-order valence-corrected chi connectivity index (χ3v) is 4.44. The Kier molecular flexibility index (Phi) is 4.49. The first-order valence-electron chi connectivity index (χ1n) is 6.81. The molecule has 1 aromatic rings. The number of benzene rings is 1. The highest BCUT2D eigenvalue weighted by atomic mass is 35.5. The van der Waals surface area contributed by atoms with Gasteiger partial charge in [-0.15, -0.1) is 0 Å². The minimum atomic E-state index is -0.797. The molecule has 1 atom stereocenters. The molecule has 1 unspecified atom stereocenters. The molecule has 0 aliphatic carbocycles. The zero-order chi connectivity index (χ0) is 14.0. The van der Waals surface area contributed by atoms with E-state index < -0.39 is 11.6 Å². The monoisotopic (exact) mass is 285 g/mol. The van der Waals surface area contributed by atoms with Crippen LogP contribution in [0, 0.1) is 5.82 Å². The summed E-state index contributed by atoms with van der Waals surface area (Å²) in [6, 6.07) is 4.15. The van der Waals surface area contributed by atoms with Crippen LogP contribution in [-0.2, 0) is 0 Å². The summed E-state index contributed by atoms with van der Waals surface area (Å²) in [5.41, 5.74) is 0.0231. The fourth-order valence-electron chi connectivity index (χ4n) is 2.75. The van der Waals surface area contributed by atoms with E-state index in [2.05, 4.69) is 4.90 Å². The van der Waals surface area contributed by atoms with E-state index in [1.54, 1.807) is 0 Å². The van der Waals surface area contributed by atoms with Crippen molar-refractivity contribution in [2.24, 2.45) is 0 Å². The molecule has 1 aromatic carbocycles. The van der Waals surface area contributed by atoms with Crippen molar-refractivity contribution in [3.8, 4) is 0 Å². The van der Waals surface area contributed by atoms with Gasteiger partial charge in [0.2, 0.25) is 0 Å². The number of hydrogen-bond acceptors (Lipinski definition) is 2. The summed E-state index contributed by atoms with van der Waals surface area (Å²) in [4.78, 5) is 2.27. The van der Waals surface area contributed by atoms with Crippen molar-refractivity contribution in [1.29, 1.82) is 0 Å². The maximum atomic E-state index is 13.4. The number of piperidine rings is 1. The summed E-state index contributed by atoms with van der Waals surface area (Å²) in [5, 5.41) is 11.0. The maximum absolute atomic E-state index is 13.4. The molecule has 1 heterocycles. The summed E-state index contributed by atoms with van der Waals surface area (Å²) < 4.78 is 13.4. The Morgan fingerprint density at radius 3 is 2.53 bits per heavy atom. The van der Waals surface area contributed by atoms with Gasteiger partial charge in [0.25, 0.3) is 0 Å². The summed E-state index contributed by atoms with van der Waals surface area (Å²) in [6.45, 7) is 5.92. The normalized spacial score (nSPS) is 19.4. The molecule has 0 bridgehead atoms. The fourth-order valence-corrected chi connectivity index (χ4v) is 2.97. The van der Waals surface area contributed by atoms with E-state index in [9.17, 15) is 9.50 Å². The molecule has 0 saturated carbocycles. The number of halogens is 2. The van der Waals surface area contributed by atoms with Gasteiger partial charge in [-0.05, 0) is 58.0 Å². The van der Waals surface area contributed by atoms with E-state index >= 15 is 0 Å². The third-order valence-electron chi connectivity index (χ3n) is 4.09. The molecule has 0 radical (unpaired) electrons. The predicted octanol–water partition coefficient (Wildman–Crippen LogP) is 3.78. The van der Waals surface area contributed by atoms with E-state index in [0.29, 0.717) is 10.6 Å². The average Bonchev–Trinajstić information content (AvgIpc) is 2.41. The van der Waals surface area contributed by atoms with Gasteiger partial charge in [-0.1, -0.05) is 18.0 Å². The Hall–Kier alpha value is -0.640. The molecule has 1 saturated heterocycles. The van der Waals surface area contributed by atoms with Gasteiger partial charge in [0.1, 0.15) is 5.82 Å². The molecule has 1 fully saturated rings. The molecule has 2 rings (SSSR count). The number of hydrogen-bond donors (Lipinski definition) is 1. The standard InChI is InChI=1S/C15H21ClFNO/c1-15(2,18-8-4-3-5-9-18)14(19)12-10-11(17)6-7-13(12)16/h6-7,10,14,19H,3-5,8-9H2,1-2H3. The van der Waals surface area contributed by atoms with E-state index in [1.807, 2.05) is 13.8 Å². The van der Waals surface area contributed by atoms with Gasteiger partial charge in [0.05, 0.1) is 6.10 Å². The molecule has 0 spiro atoms. The van der Waals surface area contributed by atoms with Gasteiger partial charge < -0.3 is 5.11 Å². The van der Waals surface area contributed by atoms with Crippen molar-refractivity contribution in [1.82, 2.24) is 4.90 Å². The summed E-state index contributed by atoms with van der Waals surface area (Å²) in [5.74, 6) is -0.368. The number of rotatable bonds is 3. The van der Waals surface area contributed by atoms with Crippen LogP contribution in [0.25, 0.3) is 0 Å². The SMILES string of the molecule is CC(C)(C(O)c1cc(F)ccc1Cl)N1CCCCC1. The van der Waals surface area contributed by atoms with Crippen LogP contribution < -0.4 is 0 Å². The second-order valence-electron chi connectivity index (χ2n) is 5.77. The minimum absolute atomic E-state index is 0.368. The van der Waals surface area contributed by atoms with Crippen LogP contribution in [0.2, 0.25) is 5.02 Å². The summed E-state index contributed by atoms with van der Waals surface area (Å²) in [6.07, 6.45) is 2.73. The van der Waals surface area contributed by atoms with Crippen LogP contribution in [0.1, 0.15) is 44.8 Å². The second-order valence-corrected chi connectivity index (χ2v) is 6.18. The van der Waals surface area contributed by atoms with Gasteiger partial charge in [-0.2, -0.15) is 0 Å². The summed E-state index contributed by atoms with van der Waals surface area (Å²) in [7, 11) is 0. The lowest BCUT2D eigenvalue weighted by atomic mass is 9.88. The van der Waals surface area contributed by atoms with Gasteiger partial charge >= 0.3 is 0 Å². The van der Waals surface area contributed by atoms with E-state index in [4.69, 9.17) is 11.6 Å². The van der Waals surface area contributed by atoms with Crippen molar-refractivity contribution in [3.63, 3.8) is 0 Å². The molecule has 19 heavy (non-hydrogen) atoms. The Morgan fingerprint density at radius 2 is 1.89 bits per heavy atom. The predicted molar refractivity (Wildman–Crippen MR) is 75.9 cm³/mol. The number of likely N-dealkylation sites (tertiary alicyclic amines) is 1. The van der Waals surface area contributed by atoms with Crippen LogP contribution in [0.15, 0.2) is 18.2 Å². The first-order chi connectivity index (χ1) is 8.93. The fraction of sp³-hybridized carbons (Fsp3) is 0.600. The summed E-state index contributed by atoms with van der Waals surface area (Å²) >= 11 is 6.09. The Bertz CT molecular complexity index is 444. The second kappa shape index (κ2) is 5.78. The van der Waals surface area contributed by atoms with Crippen LogP contribution in [0.3, 0.4) is 0 Å². The van der Waals surface area contributed by atoms with E-state index in [0.717, 1.165) is 25.9 Å². The highest BCUT2D eigenvalue weighted by molar-refractivity contribution is 6.31. The van der Waals surface area contributed by atoms with Crippen LogP contribution in [0.4, 0.5) is 4.39 Å². The third kappa shape index (κ3) is 3.10. The molecule has 1 aliphatic rings. The molecule has 4 heteroatoms.